The van der Waals surface area contributed by atoms with Crippen molar-refractivity contribution in [3.05, 3.63) is 11.8 Å². The summed E-state index contributed by atoms with van der Waals surface area (Å²) >= 11 is 0. The number of methoxy groups -OCH3 is 1. The average molecular weight is 254 g/mol. The molecule has 8 heteroatoms. The van der Waals surface area contributed by atoms with Gasteiger partial charge in [0.05, 0.1) is 19.6 Å². The summed E-state index contributed by atoms with van der Waals surface area (Å²) in [5, 5.41) is 10.8. The van der Waals surface area contributed by atoms with Crippen LogP contribution < -0.4 is 15.8 Å². The summed E-state index contributed by atoms with van der Waals surface area (Å²) in [5.74, 6) is -1.49. The Bertz CT molecular complexity index is 463. The number of carboxylic acids is 1. The number of nitrogens with two attached hydrogens (primary N) is 1. The van der Waals surface area contributed by atoms with Crippen molar-refractivity contribution in [2.75, 3.05) is 12.4 Å². The minimum atomic E-state index is -1.15. The van der Waals surface area contributed by atoms with E-state index >= 15 is 0 Å². The van der Waals surface area contributed by atoms with E-state index < -0.39 is 24.3 Å². The van der Waals surface area contributed by atoms with Gasteiger partial charge in [0.15, 0.2) is 0 Å². The molecular formula is C10H14N4O4. The van der Waals surface area contributed by atoms with Crippen LogP contribution in [-0.2, 0) is 9.59 Å². The van der Waals surface area contributed by atoms with Crippen molar-refractivity contribution in [1.82, 2.24) is 9.97 Å². The molecule has 1 unspecified atom stereocenters. The third-order valence-electron chi connectivity index (χ3n) is 2.01. The number of aliphatic carboxylic acids is 1. The third-order valence-corrected chi connectivity index (χ3v) is 2.01. The van der Waals surface area contributed by atoms with Crippen LogP contribution in [0.25, 0.3) is 0 Å². The van der Waals surface area contributed by atoms with Crippen LogP contribution in [0.15, 0.2) is 6.07 Å². The smallest absolute Gasteiger partial charge is 0.305 e. The van der Waals surface area contributed by atoms with Gasteiger partial charge in [0, 0.05) is 11.8 Å². The molecular weight excluding hydrogens is 240 g/mol. The van der Waals surface area contributed by atoms with Crippen molar-refractivity contribution in [1.29, 1.82) is 0 Å². The molecule has 1 heterocycles. The van der Waals surface area contributed by atoms with Gasteiger partial charge in [-0.2, -0.15) is 4.98 Å². The molecule has 0 aliphatic heterocycles. The highest BCUT2D eigenvalue weighted by Gasteiger charge is 2.18. The summed E-state index contributed by atoms with van der Waals surface area (Å²) in [5.41, 5.74) is 6.00. The SMILES string of the molecule is COc1cc(C)nc(NC(=O)C(N)CC(=O)O)n1. The predicted molar refractivity (Wildman–Crippen MR) is 62.2 cm³/mol. The van der Waals surface area contributed by atoms with Crippen LogP contribution in [0.3, 0.4) is 0 Å². The van der Waals surface area contributed by atoms with E-state index in [9.17, 15) is 9.59 Å². The summed E-state index contributed by atoms with van der Waals surface area (Å²) in [6.07, 6.45) is -0.464. The molecule has 18 heavy (non-hydrogen) atoms. The van der Waals surface area contributed by atoms with Crippen LogP contribution in [0.5, 0.6) is 5.88 Å². The van der Waals surface area contributed by atoms with Crippen LogP contribution in [0.1, 0.15) is 12.1 Å². The quantitative estimate of drug-likeness (QED) is 0.648. The van der Waals surface area contributed by atoms with Crippen molar-refractivity contribution in [3.63, 3.8) is 0 Å². The normalized spacial score (nSPS) is 11.7. The number of anilines is 1. The zero-order valence-electron chi connectivity index (χ0n) is 10.0. The summed E-state index contributed by atoms with van der Waals surface area (Å²) in [6.45, 7) is 1.71. The second-order valence-electron chi connectivity index (χ2n) is 3.57. The Labute approximate surface area is 103 Å². The lowest BCUT2D eigenvalue weighted by Crippen LogP contribution is -2.37. The van der Waals surface area contributed by atoms with Crippen molar-refractivity contribution >= 4 is 17.8 Å². The van der Waals surface area contributed by atoms with E-state index in [1.54, 1.807) is 13.0 Å². The van der Waals surface area contributed by atoms with Crippen molar-refractivity contribution in [2.45, 2.75) is 19.4 Å². The fourth-order valence-corrected chi connectivity index (χ4v) is 1.18. The maximum absolute atomic E-state index is 11.5. The zero-order valence-corrected chi connectivity index (χ0v) is 10.0. The van der Waals surface area contributed by atoms with E-state index in [1.807, 2.05) is 0 Å². The van der Waals surface area contributed by atoms with E-state index in [4.69, 9.17) is 15.6 Å². The Balaban J connectivity index is 2.75. The van der Waals surface area contributed by atoms with Crippen LogP contribution >= 0.6 is 0 Å². The standard InChI is InChI=1S/C10H14N4O4/c1-5-3-7(18-2)13-10(12-5)14-9(17)6(11)4-8(15)16/h3,6H,4,11H2,1-2H3,(H,15,16)(H,12,13,14,17). The van der Waals surface area contributed by atoms with E-state index in [2.05, 4.69) is 15.3 Å². The van der Waals surface area contributed by atoms with Gasteiger partial charge < -0.3 is 15.6 Å². The fraction of sp³-hybridized carbons (Fsp3) is 0.400. The van der Waals surface area contributed by atoms with Gasteiger partial charge in [-0.3, -0.25) is 14.9 Å². The maximum Gasteiger partial charge on any atom is 0.305 e. The molecule has 0 saturated heterocycles. The molecule has 1 aromatic heterocycles. The third kappa shape index (κ3) is 3.98. The lowest BCUT2D eigenvalue weighted by atomic mass is 10.2. The number of ether oxygens (including phenoxy) is 1. The highest BCUT2D eigenvalue weighted by molar-refractivity contribution is 5.95. The molecule has 0 saturated carbocycles. The Morgan fingerprint density at radius 2 is 2.22 bits per heavy atom. The number of nitrogens with zero attached hydrogens (tertiary/aromatic N) is 2. The van der Waals surface area contributed by atoms with Crippen LogP contribution in [0.4, 0.5) is 5.95 Å². The van der Waals surface area contributed by atoms with Gasteiger partial charge in [-0.05, 0) is 6.92 Å². The fourth-order valence-electron chi connectivity index (χ4n) is 1.18. The molecule has 0 spiro atoms. The molecule has 0 radical (unpaired) electrons. The molecule has 1 rings (SSSR count). The minimum Gasteiger partial charge on any atom is -0.481 e. The lowest BCUT2D eigenvalue weighted by Gasteiger charge is -2.10. The Morgan fingerprint density at radius 1 is 1.56 bits per heavy atom. The van der Waals surface area contributed by atoms with Crippen LogP contribution in [0.2, 0.25) is 0 Å². The van der Waals surface area contributed by atoms with Gasteiger partial charge >= 0.3 is 5.97 Å². The summed E-state index contributed by atoms with van der Waals surface area (Å²) in [6, 6.07) is 0.435. The molecule has 0 aromatic carbocycles. The molecule has 1 aromatic rings. The van der Waals surface area contributed by atoms with Gasteiger partial charge in [0.1, 0.15) is 0 Å². The Morgan fingerprint density at radius 3 is 2.78 bits per heavy atom. The van der Waals surface area contributed by atoms with Crippen molar-refractivity contribution < 1.29 is 19.4 Å². The first kappa shape index (κ1) is 13.8. The number of hydrogen-bond donors (Lipinski definition) is 3. The Hall–Kier alpha value is -2.22. The largest absolute Gasteiger partial charge is 0.481 e. The van der Waals surface area contributed by atoms with E-state index in [-0.39, 0.29) is 5.95 Å². The van der Waals surface area contributed by atoms with Gasteiger partial charge in [-0.1, -0.05) is 0 Å². The second kappa shape index (κ2) is 5.92. The first-order valence-electron chi connectivity index (χ1n) is 5.10. The molecule has 8 nitrogen and oxygen atoms in total. The van der Waals surface area contributed by atoms with Gasteiger partial charge in [0.2, 0.25) is 17.7 Å². The van der Waals surface area contributed by atoms with Gasteiger partial charge in [-0.25, -0.2) is 4.98 Å². The number of rotatable bonds is 5. The number of carbonyl (C=O) groups is 2. The number of carboxylic acid groups (broad SMARTS) is 1. The Kier molecular flexibility index (Phi) is 4.55. The van der Waals surface area contributed by atoms with Crippen LogP contribution in [0, 0.1) is 6.92 Å². The number of nitrogens with one attached hydrogen (secondary N) is 1. The molecule has 0 fully saturated rings. The zero-order chi connectivity index (χ0) is 13.7. The first-order valence-corrected chi connectivity index (χ1v) is 5.10. The van der Waals surface area contributed by atoms with E-state index in [0.717, 1.165) is 0 Å². The van der Waals surface area contributed by atoms with E-state index in [0.29, 0.717) is 11.6 Å². The first-order chi connectivity index (χ1) is 8.42. The number of aromatic nitrogens is 2. The topological polar surface area (TPSA) is 127 Å². The molecule has 0 aliphatic carbocycles. The molecule has 98 valence electrons. The molecule has 1 atom stereocenters. The molecule has 0 bridgehead atoms. The number of amides is 1. The maximum atomic E-state index is 11.5. The highest BCUT2D eigenvalue weighted by Crippen LogP contribution is 2.11. The number of carbonyl (C=O) groups excluding carboxylic acids is 1. The monoisotopic (exact) mass is 254 g/mol. The minimum absolute atomic E-state index is 0.0256. The molecule has 4 N–H and O–H groups in total. The van der Waals surface area contributed by atoms with E-state index in [1.165, 1.54) is 7.11 Å². The summed E-state index contributed by atoms with van der Waals surface area (Å²) in [7, 11) is 1.43. The lowest BCUT2D eigenvalue weighted by molar-refractivity contribution is -0.138. The molecule has 0 aliphatic rings. The predicted octanol–water partition coefficient (Wildman–Crippen LogP) is -0.466. The summed E-state index contributed by atoms with van der Waals surface area (Å²) < 4.78 is 4.91. The van der Waals surface area contributed by atoms with Gasteiger partial charge in [-0.15, -0.1) is 0 Å². The summed E-state index contributed by atoms with van der Waals surface area (Å²) in [4.78, 5) is 29.8. The van der Waals surface area contributed by atoms with Gasteiger partial charge in [0.25, 0.3) is 0 Å². The highest BCUT2D eigenvalue weighted by atomic mass is 16.5. The number of hydrogen-bond acceptors (Lipinski definition) is 6. The second-order valence-corrected chi connectivity index (χ2v) is 3.57. The molecule has 1 amide bonds. The van der Waals surface area contributed by atoms with Crippen molar-refractivity contribution in [3.8, 4) is 5.88 Å². The van der Waals surface area contributed by atoms with Crippen molar-refractivity contribution in [2.24, 2.45) is 5.73 Å². The van der Waals surface area contributed by atoms with Crippen LogP contribution in [-0.4, -0.2) is 40.1 Å². The average Bonchev–Trinajstić information content (AvgIpc) is 2.27. The number of aryl methyl sites for hydroxylation is 1.